The molecule has 116 valence electrons. The highest BCUT2D eigenvalue weighted by Gasteiger charge is 2.12. The number of thioether (sulfide) groups is 1. The molecule has 1 amide bonds. The summed E-state index contributed by atoms with van der Waals surface area (Å²) in [6.07, 6.45) is 0. The molecule has 0 spiro atoms. The van der Waals surface area contributed by atoms with Crippen LogP contribution in [0.5, 0.6) is 0 Å². The summed E-state index contributed by atoms with van der Waals surface area (Å²) in [4.78, 5) is 12.0. The van der Waals surface area contributed by atoms with Crippen LogP contribution < -0.4 is 5.32 Å². The van der Waals surface area contributed by atoms with E-state index in [1.165, 1.54) is 11.1 Å². The van der Waals surface area contributed by atoms with Gasteiger partial charge >= 0.3 is 0 Å². The summed E-state index contributed by atoms with van der Waals surface area (Å²) in [5.41, 5.74) is 3.49. The van der Waals surface area contributed by atoms with Crippen molar-refractivity contribution in [1.29, 1.82) is 0 Å². The molecule has 1 N–H and O–H groups in total. The van der Waals surface area contributed by atoms with Crippen LogP contribution in [0, 0.1) is 6.92 Å². The molecule has 0 heterocycles. The summed E-state index contributed by atoms with van der Waals surface area (Å²) in [7, 11) is 0. The Morgan fingerprint density at radius 3 is 2.59 bits per heavy atom. The lowest BCUT2D eigenvalue weighted by Crippen LogP contribution is -2.28. The van der Waals surface area contributed by atoms with Gasteiger partial charge in [0.15, 0.2) is 0 Å². The maximum absolute atomic E-state index is 12.0. The molecule has 2 aromatic carbocycles. The standard InChI is InChI=1S/C18H20ClNOS/c1-13-7-3-4-8-15(13)11-22-12-18(21)20-14(2)16-9-5-6-10-17(16)19/h3-10,14H,11-12H2,1-2H3,(H,20,21). The van der Waals surface area contributed by atoms with E-state index >= 15 is 0 Å². The van der Waals surface area contributed by atoms with Crippen molar-refractivity contribution >= 4 is 29.3 Å². The summed E-state index contributed by atoms with van der Waals surface area (Å²) in [6.45, 7) is 4.04. The zero-order valence-electron chi connectivity index (χ0n) is 12.8. The van der Waals surface area contributed by atoms with Crippen molar-refractivity contribution in [3.8, 4) is 0 Å². The predicted octanol–water partition coefficient (Wildman–Crippen LogP) is 4.76. The molecule has 0 aliphatic rings. The third-order valence-corrected chi connectivity index (χ3v) is 4.83. The first-order valence-corrected chi connectivity index (χ1v) is 8.77. The number of hydrogen-bond donors (Lipinski definition) is 1. The van der Waals surface area contributed by atoms with E-state index in [9.17, 15) is 4.79 Å². The van der Waals surface area contributed by atoms with Gasteiger partial charge in [-0.05, 0) is 36.6 Å². The Bertz CT molecular complexity index is 644. The Balaban J connectivity index is 1.81. The van der Waals surface area contributed by atoms with Crippen molar-refractivity contribution in [2.24, 2.45) is 0 Å². The lowest BCUT2D eigenvalue weighted by molar-refractivity contribution is -0.119. The average molecular weight is 334 g/mol. The first-order chi connectivity index (χ1) is 10.6. The average Bonchev–Trinajstić information content (AvgIpc) is 2.49. The Kier molecular flexibility index (Phi) is 6.34. The molecule has 0 aliphatic heterocycles. The predicted molar refractivity (Wildman–Crippen MR) is 95.4 cm³/mol. The van der Waals surface area contributed by atoms with E-state index in [-0.39, 0.29) is 11.9 Å². The fourth-order valence-electron chi connectivity index (χ4n) is 2.21. The summed E-state index contributed by atoms with van der Waals surface area (Å²) in [5.74, 6) is 1.33. The molecule has 0 aromatic heterocycles. The summed E-state index contributed by atoms with van der Waals surface area (Å²) >= 11 is 7.77. The largest absolute Gasteiger partial charge is 0.349 e. The number of amides is 1. The van der Waals surface area contributed by atoms with Gasteiger partial charge in [-0.2, -0.15) is 0 Å². The van der Waals surface area contributed by atoms with Crippen LogP contribution in [0.4, 0.5) is 0 Å². The highest BCUT2D eigenvalue weighted by atomic mass is 35.5. The van der Waals surface area contributed by atoms with Crippen LogP contribution in [-0.4, -0.2) is 11.7 Å². The highest BCUT2D eigenvalue weighted by molar-refractivity contribution is 7.99. The number of hydrogen-bond acceptors (Lipinski definition) is 2. The number of benzene rings is 2. The van der Waals surface area contributed by atoms with Gasteiger partial charge in [0.25, 0.3) is 0 Å². The van der Waals surface area contributed by atoms with Gasteiger partial charge in [-0.15, -0.1) is 11.8 Å². The quantitative estimate of drug-likeness (QED) is 0.825. The van der Waals surface area contributed by atoms with Crippen LogP contribution in [0.2, 0.25) is 5.02 Å². The first-order valence-electron chi connectivity index (χ1n) is 7.24. The molecule has 22 heavy (non-hydrogen) atoms. The van der Waals surface area contributed by atoms with Gasteiger partial charge in [-0.25, -0.2) is 0 Å². The SMILES string of the molecule is Cc1ccccc1CSCC(=O)NC(C)c1ccccc1Cl. The smallest absolute Gasteiger partial charge is 0.230 e. The summed E-state index contributed by atoms with van der Waals surface area (Å²) in [6, 6.07) is 15.8. The van der Waals surface area contributed by atoms with Crippen LogP contribution in [0.25, 0.3) is 0 Å². The van der Waals surface area contributed by atoms with Gasteiger partial charge < -0.3 is 5.32 Å². The zero-order valence-corrected chi connectivity index (χ0v) is 14.4. The van der Waals surface area contributed by atoms with E-state index in [4.69, 9.17) is 11.6 Å². The fourth-order valence-corrected chi connectivity index (χ4v) is 3.43. The van der Waals surface area contributed by atoms with Gasteiger partial charge in [0.1, 0.15) is 0 Å². The lowest BCUT2D eigenvalue weighted by Gasteiger charge is -2.15. The van der Waals surface area contributed by atoms with Crippen molar-refractivity contribution in [2.75, 3.05) is 5.75 Å². The minimum Gasteiger partial charge on any atom is -0.349 e. The maximum Gasteiger partial charge on any atom is 0.230 e. The zero-order chi connectivity index (χ0) is 15.9. The molecule has 0 bridgehead atoms. The third kappa shape index (κ3) is 4.79. The number of carbonyl (C=O) groups is 1. The van der Waals surface area contributed by atoms with Crippen molar-refractivity contribution in [3.63, 3.8) is 0 Å². The van der Waals surface area contributed by atoms with Crippen molar-refractivity contribution in [2.45, 2.75) is 25.6 Å². The normalized spacial score (nSPS) is 12.0. The molecule has 2 rings (SSSR count). The highest BCUT2D eigenvalue weighted by Crippen LogP contribution is 2.22. The van der Waals surface area contributed by atoms with E-state index in [1.807, 2.05) is 43.3 Å². The Morgan fingerprint density at radius 2 is 1.86 bits per heavy atom. The molecule has 1 unspecified atom stereocenters. The molecule has 2 aromatic rings. The molecule has 1 atom stereocenters. The third-order valence-electron chi connectivity index (χ3n) is 3.50. The topological polar surface area (TPSA) is 29.1 Å². The Hall–Kier alpha value is -1.45. The first kappa shape index (κ1) is 16.9. The Labute approximate surface area is 141 Å². The second kappa shape index (κ2) is 8.25. The van der Waals surface area contributed by atoms with Crippen molar-refractivity contribution in [1.82, 2.24) is 5.32 Å². The van der Waals surface area contributed by atoms with Gasteiger partial charge in [-0.1, -0.05) is 54.1 Å². The van der Waals surface area contributed by atoms with Crippen LogP contribution in [0.3, 0.4) is 0 Å². The fraction of sp³-hybridized carbons (Fsp3) is 0.278. The van der Waals surface area contributed by atoms with Crippen LogP contribution >= 0.6 is 23.4 Å². The van der Waals surface area contributed by atoms with E-state index in [0.717, 1.165) is 11.3 Å². The molecule has 4 heteroatoms. The van der Waals surface area contributed by atoms with E-state index in [2.05, 4.69) is 24.4 Å². The van der Waals surface area contributed by atoms with Gasteiger partial charge in [0, 0.05) is 10.8 Å². The number of rotatable bonds is 6. The van der Waals surface area contributed by atoms with Gasteiger partial charge in [-0.3, -0.25) is 4.79 Å². The number of carbonyl (C=O) groups excluding carboxylic acids is 1. The van der Waals surface area contributed by atoms with E-state index in [0.29, 0.717) is 10.8 Å². The number of aryl methyl sites for hydroxylation is 1. The molecule has 2 nitrogen and oxygen atoms in total. The molecular formula is C18H20ClNOS. The lowest BCUT2D eigenvalue weighted by atomic mass is 10.1. The molecule has 0 aliphatic carbocycles. The summed E-state index contributed by atoms with van der Waals surface area (Å²) in [5, 5.41) is 3.68. The second-order valence-corrected chi connectivity index (χ2v) is 6.62. The van der Waals surface area contributed by atoms with E-state index in [1.54, 1.807) is 11.8 Å². The summed E-state index contributed by atoms with van der Waals surface area (Å²) < 4.78 is 0. The van der Waals surface area contributed by atoms with Crippen LogP contribution in [0.1, 0.15) is 29.7 Å². The monoisotopic (exact) mass is 333 g/mol. The van der Waals surface area contributed by atoms with Crippen molar-refractivity contribution in [3.05, 3.63) is 70.2 Å². The van der Waals surface area contributed by atoms with E-state index < -0.39 is 0 Å². The molecule has 0 radical (unpaired) electrons. The minimum atomic E-state index is -0.0831. The Morgan fingerprint density at radius 1 is 1.18 bits per heavy atom. The number of nitrogens with one attached hydrogen (secondary N) is 1. The maximum atomic E-state index is 12.0. The molecule has 0 saturated heterocycles. The number of halogens is 1. The van der Waals surface area contributed by atoms with Gasteiger partial charge in [0.2, 0.25) is 5.91 Å². The second-order valence-electron chi connectivity index (χ2n) is 5.23. The minimum absolute atomic E-state index is 0.0333. The van der Waals surface area contributed by atoms with Crippen molar-refractivity contribution < 1.29 is 4.79 Å². The molecule has 0 fully saturated rings. The van der Waals surface area contributed by atoms with Crippen LogP contribution in [-0.2, 0) is 10.5 Å². The molecular weight excluding hydrogens is 314 g/mol. The van der Waals surface area contributed by atoms with Crippen LogP contribution in [0.15, 0.2) is 48.5 Å². The van der Waals surface area contributed by atoms with Gasteiger partial charge in [0.05, 0.1) is 11.8 Å². The molecule has 0 saturated carbocycles.